The van der Waals surface area contributed by atoms with E-state index in [1.807, 2.05) is 36.5 Å². The number of aromatic amines is 1. The van der Waals surface area contributed by atoms with Crippen molar-refractivity contribution in [3.63, 3.8) is 0 Å². The molecule has 3 N–H and O–H groups in total. The van der Waals surface area contributed by atoms with E-state index in [-0.39, 0.29) is 5.91 Å². The summed E-state index contributed by atoms with van der Waals surface area (Å²) in [5.41, 5.74) is 4.90. The topological polar surface area (TPSA) is 69.3 Å². The van der Waals surface area contributed by atoms with Crippen LogP contribution in [-0.2, 0) is 12.8 Å². The third kappa shape index (κ3) is 5.18. The molecular weight excluding hydrogens is 420 g/mol. The third-order valence-electron chi connectivity index (χ3n) is 5.32. The van der Waals surface area contributed by atoms with Gasteiger partial charge in [0, 0.05) is 39.9 Å². The molecule has 0 saturated heterocycles. The van der Waals surface area contributed by atoms with Gasteiger partial charge in [0.05, 0.1) is 0 Å². The number of H-pyrrole nitrogens is 1. The van der Waals surface area contributed by atoms with Crippen molar-refractivity contribution in [1.82, 2.24) is 10.3 Å². The minimum atomic E-state index is -0.242. The predicted octanol–water partition coefficient (Wildman–Crippen LogP) is 5.82. The number of halogens is 1. The number of nitrogens with zero attached hydrogens (tertiary/aromatic N) is 1. The molecule has 1 heterocycles. The number of guanidine groups is 1. The van der Waals surface area contributed by atoms with Crippen molar-refractivity contribution in [2.45, 2.75) is 19.8 Å². The molecule has 0 bridgehead atoms. The molecule has 0 saturated carbocycles. The van der Waals surface area contributed by atoms with Gasteiger partial charge in [0.2, 0.25) is 5.96 Å². The van der Waals surface area contributed by atoms with Gasteiger partial charge in [0.25, 0.3) is 5.91 Å². The first-order valence-electron chi connectivity index (χ1n) is 10.7. The van der Waals surface area contributed by atoms with Gasteiger partial charge in [0.1, 0.15) is 0 Å². The standard InChI is InChI=1S/C26H25ClN4O/c1-2-18-7-3-5-9-23(18)30-26(31-25(32)19-11-13-21(27)14-12-19)28-16-15-20-17-29-24-10-6-4-8-22(20)24/h3-14,17,29H,2,15-16H2,1H3,(H2,28,30,31,32). The lowest BCUT2D eigenvalue weighted by Gasteiger charge is -2.14. The lowest BCUT2D eigenvalue weighted by Crippen LogP contribution is -2.36. The van der Waals surface area contributed by atoms with E-state index in [4.69, 9.17) is 16.6 Å². The number of carbonyl (C=O) groups is 1. The van der Waals surface area contributed by atoms with Crippen LogP contribution in [0.4, 0.5) is 5.69 Å². The molecule has 0 spiro atoms. The minimum absolute atomic E-state index is 0.242. The van der Waals surface area contributed by atoms with Crippen LogP contribution in [0, 0.1) is 0 Å². The van der Waals surface area contributed by atoms with Gasteiger partial charge in [0.15, 0.2) is 0 Å². The molecule has 0 fully saturated rings. The van der Waals surface area contributed by atoms with E-state index in [1.54, 1.807) is 24.3 Å². The Labute approximate surface area is 192 Å². The summed E-state index contributed by atoms with van der Waals surface area (Å²) in [7, 11) is 0. The normalized spacial score (nSPS) is 11.5. The first-order chi connectivity index (χ1) is 15.6. The van der Waals surface area contributed by atoms with Crippen molar-refractivity contribution in [2.24, 2.45) is 4.99 Å². The minimum Gasteiger partial charge on any atom is -0.361 e. The molecule has 0 aliphatic rings. The maximum Gasteiger partial charge on any atom is 0.257 e. The van der Waals surface area contributed by atoms with E-state index < -0.39 is 0 Å². The maximum atomic E-state index is 12.8. The predicted molar refractivity (Wildman–Crippen MR) is 133 cm³/mol. The molecule has 0 aliphatic heterocycles. The van der Waals surface area contributed by atoms with Crippen molar-refractivity contribution >= 4 is 40.1 Å². The van der Waals surface area contributed by atoms with E-state index in [0.29, 0.717) is 23.1 Å². The Kier molecular flexibility index (Phi) is 6.87. The number of nitrogens with one attached hydrogen (secondary N) is 3. The number of carbonyl (C=O) groups excluding carboxylic acids is 1. The van der Waals surface area contributed by atoms with Crippen LogP contribution >= 0.6 is 11.6 Å². The van der Waals surface area contributed by atoms with Crippen LogP contribution in [0.15, 0.2) is 84.0 Å². The number of aliphatic imine (C=N–C) groups is 1. The molecule has 6 heteroatoms. The van der Waals surface area contributed by atoms with Gasteiger partial charge in [-0.15, -0.1) is 0 Å². The van der Waals surface area contributed by atoms with Gasteiger partial charge in [-0.25, -0.2) is 0 Å². The molecule has 162 valence electrons. The summed E-state index contributed by atoms with van der Waals surface area (Å²) < 4.78 is 0. The molecule has 0 radical (unpaired) electrons. The number of amides is 1. The zero-order valence-corrected chi connectivity index (χ0v) is 18.6. The first kappa shape index (κ1) is 21.7. The molecule has 3 aromatic carbocycles. The molecule has 4 aromatic rings. The molecule has 0 aliphatic carbocycles. The number of fused-ring (bicyclic) bond motifs is 1. The second-order valence-corrected chi connectivity index (χ2v) is 7.87. The lowest BCUT2D eigenvalue weighted by molar-refractivity contribution is 0.0977. The van der Waals surface area contributed by atoms with Gasteiger partial charge >= 0.3 is 0 Å². The van der Waals surface area contributed by atoms with Crippen molar-refractivity contribution in [1.29, 1.82) is 0 Å². The highest BCUT2D eigenvalue weighted by Gasteiger charge is 2.11. The summed E-state index contributed by atoms with van der Waals surface area (Å²) >= 11 is 5.95. The monoisotopic (exact) mass is 444 g/mol. The summed E-state index contributed by atoms with van der Waals surface area (Å²) in [6, 6.07) is 23.0. The zero-order valence-electron chi connectivity index (χ0n) is 17.9. The van der Waals surface area contributed by atoms with Crippen molar-refractivity contribution in [3.05, 3.63) is 101 Å². The van der Waals surface area contributed by atoms with Crippen LogP contribution in [0.1, 0.15) is 28.4 Å². The average molecular weight is 445 g/mol. The number of hydrogen-bond acceptors (Lipinski definition) is 2. The Hall–Kier alpha value is -3.57. The van der Waals surface area contributed by atoms with E-state index in [0.717, 1.165) is 29.6 Å². The number of aromatic nitrogens is 1. The van der Waals surface area contributed by atoms with Gasteiger partial charge in [-0.05, 0) is 60.4 Å². The molecule has 32 heavy (non-hydrogen) atoms. The number of para-hydroxylation sites is 2. The van der Waals surface area contributed by atoms with E-state index in [9.17, 15) is 4.79 Å². The molecular formula is C26H25ClN4O. The SMILES string of the molecule is CCc1ccccc1NC(=NCCc1c[nH]c2ccccc12)NC(=O)c1ccc(Cl)cc1. The molecule has 0 atom stereocenters. The first-order valence-corrected chi connectivity index (χ1v) is 11.0. The van der Waals surface area contributed by atoms with Crippen LogP contribution in [0.25, 0.3) is 10.9 Å². The number of anilines is 1. The zero-order chi connectivity index (χ0) is 22.3. The fourth-order valence-corrected chi connectivity index (χ4v) is 3.72. The van der Waals surface area contributed by atoms with Crippen molar-refractivity contribution in [3.8, 4) is 0 Å². The summed E-state index contributed by atoms with van der Waals surface area (Å²) in [5, 5.41) is 8.01. The molecule has 1 amide bonds. The number of benzene rings is 3. The van der Waals surface area contributed by atoms with E-state index in [1.165, 1.54) is 10.9 Å². The Balaban J connectivity index is 1.54. The van der Waals surface area contributed by atoms with Crippen LogP contribution in [-0.4, -0.2) is 23.4 Å². The second-order valence-electron chi connectivity index (χ2n) is 7.44. The highest BCUT2D eigenvalue weighted by molar-refractivity contribution is 6.30. The summed E-state index contributed by atoms with van der Waals surface area (Å²) in [6.07, 6.45) is 3.64. The number of hydrogen-bond donors (Lipinski definition) is 3. The summed E-state index contributed by atoms with van der Waals surface area (Å²) in [5.74, 6) is 0.180. The average Bonchev–Trinajstić information content (AvgIpc) is 3.23. The number of rotatable bonds is 6. The smallest absolute Gasteiger partial charge is 0.257 e. The van der Waals surface area contributed by atoms with Crippen LogP contribution in [0.2, 0.25) is 5.02 Å². The summed E-state index contributed by atoms with van der Waals surface area (Å²) in [6.45, 7) is 2.63. The highest BCUT2D eigenvalue weighted by Crippen LogP contribution is 2.19. The summed E-state index contributed by atoms with van der Waals surface area (Å²) in [4.78, 5) is 20.8. The second kappa shape index (κ2) is 10.2. The largest absolute Gasteiger partial charge is 0.361 e. The molecule has 1 aromatic heterocycles. The van der Waals surface area contributed by atoms with Gasteiger partial charge < -0.3 is 10.3 Å². The Morgan fingerprint density at radius 1 is 0.969 bits per heavy atom. The molecule has 4 rings (SSSR count). The van der Waals surface area contributed by atoms with Crippen molar-refractivity contribution < 1.29 is 4.79 Å². The Morgan fingerprint density at radius 3 is 2.53 bits per heavy atom. The van der Waals surface area contributed by atoms with E-state index >= 15 is 0 Å². The van der Waals surface area contributed by atoms with Gasteiger partial charge in [-0.2, -0.15) is 0 Å². The van der Waals surface area contributed by atoms with Crippen LogP contribution < -0.4 is 10.6 Å². The fraction of sp³-hybridized carbons (Fsp3) is 0.154. The Morgan fingerprint density at radius 2 is 1.72 bits per heavy atom. The van der Waals surface area contributed by atoms with Crippen molar-refractivity contribution in [2.75, 3.05) is 11.9 Å². The quantitative estimate of drug-likeness (QED) is 0.259. The maximum absolute atomic E-state index is 12.8. The van der Waals surface area contributed by atoms with Crippen LogP contribution in [0.3, 0.4) is 0 Å². The highest BCUT2D eigenvalue weighted by atomic mass is 35.5. The van der Waals surface area contributed by atoms with Gasteiger partial charge in [-0.1, -0.05) is 54.9 Å². The molecule has 5 nitrogen and oxygen atoms in total. The number of aryl methyl sites for hydroxylation is 1. The van der Waals surface area contributed by atoms with Crippen LogP contribution in [0.5, 0.6) is 0 Å². The third-order valence-corrected chi connectivity index (χ3v) is 5.57. The Bertz CT molecular complexity index is 1240. The fourth-order valence-electron chi connectivity index (χ4n) is 3.60. The lowest BCUT2D eigenvalue weighted by atomic mass is 10.1. The van der Waals surface area contributed by atoms with E-state index in [2.05, 4.69) is 40.7 Å². The molecule has 0 unspecified atom stereocenters. The van der Waals surface area contributed by atoms with Gasteiger partial charge in [-0.3, -0.25) is 15.1 Å².